The van der Waals surface area contributed by atoms with Gasteiger partial charge in [-0.05, 0) is 36.9 Å². The molecule has 0 aliphatic carbocycles. The van der Waals surface area contributed by atoms with Crippen LogP contribution in [0, 0.1) is 5.82 Å². The van der Waals surface area contributed by atoms with Crippen molar-refractivity contribution in [3.8, 4) is 23.0 Å². The smallest absolute Gasteiger partial charge is 0.258 e. The third kappa shape index (κ3) is 5.61. The highest BCUT2D eigenvalue weighted by atomic mass is 19.1. The zero-order valence-corrected chi connectivity index (χ0v) is 23.6. The van der Waals surface area contributed by atoms with E-state index < -0.39 is 5.82 Å². The average molecular weight is 571 g/mol. The number of fused-ring (bicyclic) bond motifs is 1. The second kappa shape index (κ2) is 11.5. The first-order valence-electron chi connectivity index (χ1n) is 13.6. The Morgan fingerprint density at radius 2 is 1.76 bits per heavy atom. The SMILES string of the molecule is COc1ccc(Cn2nc(NC(=O)c3ccc(N4CCN(C)CC4)nc3)cc2-c2nc3cc(OC)cc(F)c3[nH]2)cc1. The lowest BCUT2D eigenvalue weighted by molar-refractivity contribution is 0.102. The first-order chi connectivity index (χ1) is 20.4. The molecule has 11 nitrogen and oxygen atoms in total. The number of pyridine rings is 1. The van der Waals surface area contributed by atoms with Gasteiger partial charge in [-0.3, -0.25) is 9.48 Å². The van der Waals surface area contributed by atoms with Crippen molar-refractivity contribution in [3.63, 3.8) is 0 Å². The molecule has 0 bridgehead atoms. The van der Waals surface area contributed by atoms with Crippen molar-refractivity contribution in [1.29, 1.82) is 0 Å². The standard InChI is InChI=1S/C30H31FN8O3/c1-37-10-12-38(13-11-37)27-9-6-20(17-32-27)30(40)34-26-16-25(39(36-26)18-19-4-7-21(41-2)8-5-19)29-33-24-15-22(42-3)14-23(31)28(24)35-29/h4-9,14-17H,10-13,18H2,1-3H3,(H,33,35)(H,34,36,40). The summed E-state index contributed by atoms with van der Waals surface area (Å²) in [7, 11) is 5.19. The fraction of sp³-hybridized carbons (Fsp3) is 0.267. The molecule has 6 rings (SSSR count). The molecule has 1 amide bonds. The number of piperazine rings is 1. The molecule has 1 fully saturated rings. The van der Waals surface area contributed by atoms with E-state index >= 15 is 0 Å². The maximum atomic E-state index is 14.8. The fourth-order valence-electron chi connectivity index (χ4n) is 4.91. The molecule has 216 valence electrons. The molecule has 0 atom stereocenters. The number of H-pyrrole nitrogens is 1. The number of benzene rings is 2. The highest BCUT2D eigenvalue weighted by molar-refractivity contribution is 6.03. The van der Waals surface area contributed by atoms with Gasteiger partial charge in [0.2, 0.25) is 0 Å². The van der Waals surface area contributed by atoms with E-state index in [0.717, 1.165) is 43.3 Å². The number of imidazole rings is 1. The molecule has 2 aromatic carbocycles. The van der Waals surface area contributed by atoms with Gasteiger partial charge in [0.25, 0.3) is 5.91 Å². The predicted octanol–water partition coefficient (Wildman–Crippen LogP) is 4.03. The number of aromatic nitrogens is 5. The van der Waals surface area contributed by atoms with Gasteiger partial charge in [-0.15, -0.1) is 0 Å². The minimum atomic E-state index is -0.481. The van der Waals surface area contributed by atoms with Crippen molar-refractivity contribution in [1.82, 2.24) is 29.6 Å². The van der Waals surface area contributed by atoms with Crippen molar-refractivity contribution in [3.05, 3.63) is 77.7 Å². The molecule has 1 aliphatic rings. The quantitative estimate of drug-likeness (QED) is 0.288. The molecule has 1 aliphatic heterocycles. The number of anilines is 2. The van der Waals surface area contributed by atoms with E-state index in [-0.39, 0.29) is 11.4 Å². The maximum absolute atomic E-state index is 14.8. The molecule has 2 N–H and O–H groups in total. The third-order valence-electron chi connectivity index (χ3n) is 7.35. The summed E-state index contributed by atoms with van der Waals surface area (Å²) in [6.07, 6.45) is 1.58. The Morgan fingerprint density at radius 3 is 2.45 bits per heavy atom. The number of carbonyl (C=O) groups excluding carboxylic acids is 1. The maximum Gasteiger partial charge on any atom is 0.258 e. The number of nitrogens with one attached hydrogen (secondary N) is 2. The summed E-state index contributed by atoms with van der Waals surface area (Å²) in [6, 6.07) is 15.9. The van der Waals surface area contributed by atoms with Crippen molar-refractivity contribution < 1.29 is 18.7 Å². The number of carbonyl (C=O) groups is 1. The molecule has 12 heteroatoms. The second-order valence-corrected chi connectivity index (χ2v) is 10.2. The summed E-state index contributed by atoms with van der Waals surface area (Å²) in [4.78, 5) is 29.8. The lowest BCUT2D eigenvalue weighted by atomic mass is 10.2. The summed E-state index contributed by atoms with van der Waals surface area (Å²) in [5.74, 6) is 1.85. The second-order valence-electron chi connectivity index (χ2n) is 10.2. The van der Waals surface area contributed by atoms with Crippen LogP contribution in [0.2, 0.25) is 0 Å². The van der Waals surface area contributed by atoms with Crippen LogP contribution in [0.5, 0.6) is 11.5 Å². The number of methoxy groups -OCH3 is 2. The van der Waals surface area contributed by atoms with E-state index in [1.165, 1.54) is 13.2 Å². The van der Waals surface area contributed by atoms with Crippen molar-refractivity contribution in [2.24, 2.45) is 0 Å². The lowest BCUT2D eigenvalue weighted by Crippen LogP contribution is -2.44. The topological polar surface area (TPSA) is 113 Å². The van der Waals surface area contributed by atoms with Gasteiger partial charge in [0.1, 0.15) is 28.5 Å². The van der Waals surface area contributed by atoms with Gasteiger partial charge in [-0.2, -0.15) is 5.10 Å². The van der Waals surface area contributed by atoms with E-state index in [1.807, 2.05) is 30.3 Å². The molecule has 42 heavy (non-hydrogen) atoms. The molecule has 1 saturated heterocycles. The van der Waals surface area contributed by atoms with Crippen molar-refractivity contribution in [2.45, 2.75) is 6.54 Å². The van der Waals surface area contributed by atoms with Crippen LogP contribution >= 0.6 is 0 Å². The molecule has 0 radical (unpaired) electrons. The Labute approximate surface area is 241 Å². The van der Waals surface area contributed by atoms with E-state index in [0.29, 0.717) is 40.7 Å². The predicted molar refractivity (Wildman–Crippen MR) is 158 cm³/mol. The zero-order chi connectivity index (χ0) is 29.2. The first kappa shape index (κ1) is 27.2. The average Bonchev–Trinajstić information content (AvgIpc) is 3.62. The summed E-state index contributed by atoms with van der Waals surface area (Å²) < 4.78 is 26.9. The minimum absolute atomic E-state index is 0.250. The number of nitrogens with zero attached hydrogens (tertiary/aromatic N) is 6. The Balaban J connectivity index is 1.28. The molecular weight excluding hydrogens is 539 g/mol. The number of hydrogen-bond donors (Lipinski definition) is 2. The minimum Gasteiger partial charge on any atom is -0.497 e. The summed E-state index contributed by atoms with van der Waals surface area (Å²) >= 11 is 0. The van der Waals surface area contributed by atoms with Crippen LogP contribution in [-0.2, 0) is 6.54 Å². The van der Waals surface area contributed by atoms with Crippen LogP contribution < -0.4 is 19.7 Å². The highest BCUT2D eigenvalue weighted by Gasteiger charge is 2.20. The number of aromatic amines is 1. The fourth-order valence-corrected chi connectivity index (χ4v) is 4.91. The molecular formula is C30H31FN8O3. The molecule has 0 saturated carbocycles. The number of amides is 1. The molecule has 5 aromatic rings. The van der Waals surface area contributed by atoms with Gasteiger partial charge in [0, 0.05) is 50.6 Å². The molecule has 0 spiro atoms. The number of halogens is 1. The summed E-state index contributed by atoms with van der Waals surface area (Å²) in [5.41, 5.74) is 2.60. The number of rotatable bonds is 8. The van der Waals surface area contributed by atoms with E-state index in [1.54, 1.807) is 36.2 Å². The van der Waals surface area contributed by atoms with Gasteiger partial charge in [-0.1, -0.05) is 12.1 Å². The summed E-state index contributed by atoms with van der Waals surface area (Å²) in [6.45, 7) is 4.09. The van der Waals surface area contributed by atoms with Gasteiger partial charge >= 0.3 is 0 Å². The van der Waals surface area contributed by atoms with Crippen LogP contribution in [0.25, 0.3) is 22.6 Å². The Kier molecular flexibility index (Phi) is 7.44. The van der Waals surface area contributed by atoms with Crippen LogP contribution in [0.15, 0.2) is 60.8 Å². The van der Waals surface area contributed by atoms with Crippen molar-refractivity contribution in [2.75, 3.05) is 57.7 Å². The number of ether oxygens (including phenoxy) is 2. The molecule has 0 unspecified atom stereocenters. The first-order valence-corrected chi connectivity index (χ1v) is 13.6. The largest absolute Gasteiger partial charge is 0.497 e. The van der Waals surface area contributed by atoms with E-state index in [2.05, 4.69) is 42.2 Å². The monoisotopic (exact) mass is 570 g/mol. The van der Waals surface area contributed by atoms with Gasteiger partial charge in [0.05, 0.1) is 31.8 Å². The Hall–Kier alpha value is -4.97. The molecule has 3 aromatic heterocycles. The zero-order valence-electron chi connectivity index (χ0n) is 23.6. The Morgan fingerprint density at radius 1 is 1.00 bits per heavy atom. The van der Waals surface area contributed by atoms with Gasteiger partial charge in [0.15, 0.2) is 17.5 Å². The lowest BCUT2D eigenvalue weighted by Gasteiger charge is -2.33. The molecule has 4 heterocycles. The third-order valence-corrected chi connectivity index (χ3v) is 7.35. The van der Waals surface area contributed by atoms with Crippen LogP contribution in [-0.4, -0.2) is 83.0 Å². The van der Waals surface area contributed by atoms with Crippen LogP contribution in [0.1, 0.15) is 15.9 Å². The number of likely N-dealkylation sites (N-methyl/N-ethyl adjacent to an activating group) is 1. The normalized spacial score (nSPS) is 13.9. The van der Waals surface area contributed by atoms with Crippen LogP contribution in [0.4, 0.5) is 16.0 Å². The van der Waals surface area contributed by atoms with E-state index in [9.17, 15) is 9.18 Å². The summed E-state index contributed by atoms with van der Waals surface area (Å²) in [5, 5.41) is 7.53. The number of hydrogen-bond acceptors (Lipinski definition) is 8. The van der Waals surface area contributed by atoms with Gasteiger partial charge < -0.3 is 29.6 Å². The Bertz CT molecular complexity index is 1710. The van der Waals surface area contributed by atoms with Crippen molar-refractivity contribution >= 4 is 28.6 Å². The van der Waals surface area contributed by atoms with Gasteiger partial charge in [-0.25, -0.2) is 14.4 Å². The van der Waals surface area contributed by atoms with Crippen LogP contribution in [0.3, 0.4) is 0 Å². The van der Waals surface area contributed by atoms with E-state index in [4.69, 9.17) is 9.47 Å². The highest BCUT2D eigenvalue weighted by Crippen LogP contribution is 2.28.